The highest BCUT2D eigenvalue weighted by atomic mass is 35.5. The smallest absolute Gasteiger partial charge is 0.243 e. The minimum absolute atomic E-state index is 0.0523. The monoisotopic (exact) mass is 586 g/mol. The number of anilines is 1. The molecular formula is C23H31ClN6O6S2. The van der Waals surface area contributed by atoms with Crippen molar-refractivity contribution in [3.05, 3.63) is 47.3 Å². The zero-order valence-electron chi connectivity index (χ0n) is 21.4. The molecule has 3 heterocycles. The summed E-state index contributed by atoms with van der Waals surface area (Å²) in [7, 11) is -3.66. The van der Waals surface area contributed by atoms with E-state index in [1.54, 1.807) is 36.6 Å². The third-order valence-corrected chi connectivity index (χ3v) is 10.6. The van der Waals surface area contributed by atoms with Crippen molar-refractivity contribution >= 4 is 38.2 Å². The van der Waals surface area contributed by atoms with Gasteiger partial charge in [-0.25, -0.2) is 18.4 Å². The van der Waals surface area contributed by atoms with E-state index in [1.807, 2.05) is 0 Å². The molecule has 3 atom stereocenters. The average molecular weight is 587 g/mol. The van der Waals surface area contributed by atoms with Crippen LogP contribution >= 0.6 is 22.2 Å². The van der Waals surface area contributed by atoms with Gasteiger partial charge >= 0.3 is 0 Å². The first-order chi connectivity index (χ1) is 18.0. The van der Waals surface area contributed by atoms with Crippen LogP contribution in [0, 0.1) is 5.92 Å². The van der Waals surface area contributed by atoms with Gasteiger partial charge in [-0.3, -0.25) is 18.4 Å². The number of ether oxygens (including phenoxy) is 2. The van der Waals surface area contributed by atoms with Gasteiger partial charge in [-0.15, -0.1) is 10.2 Å². The Morgan fingerprint density at radius 3 is 2.34 bits per heavy atom. The van der Waals surface area contributed by atoms with Crippen molar-refractivity contribution < 1.29 is 27.0 Å². The van der Waals surface area contributed by atoms with E-state index in [0.29, 0.717) is 52.5 Å². The zero-order valence-corrected chi connectivity index (χ0v) is 23.8. The van der Waals surface area contributed by atoms with Crippen LogP contribution in [0.4, 0.5) is 5.95 Å². The van der Waals surface area contributed by atoms with Gasteiger partial charge in [0, 0.05) is 36.2 Å². The second-order valence-electron chi connectivity index (χ2n) is 9.22. The maximum absolute atomic E-state index is 13.5. The fraction of sp³-hybridized carbons (Fsp3) is 0.478. The Balaban J connectivity index is 1.74. The third-order valence-electron chi connectivity index (χ3n) is 6.66. The number of nitrogens with one attached hydrogen (secondary N) is 1. The number of hydrogen-bond donors (Lipinski definition) is 3. The van der Waals surface area contributed by atoms with Crippen molar-refractivity contribution in [1.82, 2.24) is 24.7 Å². The maximum atomic E-state index is 13.5. The van der Waals surface area contributed by atoms with Crippen LogP contribution in [0.2, 0.25) is 5.02 Å². The molecule has 0 bridgehead atoms. The summed E-state index contributed by atoms with van der Waals surface area (Å²) in [5.74, 6) is 1.48. The first-order valence-corrected chi connectivity index (χ1v) is 15.6. The molecule has 1 aromatic carbocycles. The van der Waals surface area contributed by atoms with Crippen LogP contribution in [-0.2, 0) is 16.4 Å². The highest BCUT2D eigenvalue weighted by Gasteiger charge is 2.34. The fourth-order valence-corrected chi connectivity index (χ4v) is 7.62. The topological polar surface area (TPSA) is 162 Å². The summed E-state index contributed by atoms with van der Waals surface area (Å²) in [4.78, 5) is 8.33. The summed E-state index contributed by atoms with van der Waals surface area (Å²) in [5, 5.41) is 7.88. The first kappa shape index (κ1) is 28.4. The Bertz CT molecular complexity index is 1360. The van der Waals surface area contributed by atoms with E-state index in [1.165, 1.54) is 26.6 Å². The van der Waals surface area contributed by atoms with Gasteiger partial charge in [0.1, 0.15) is 28.8 Å². The summed E-state index contributed by atoms with van der Waals surface area (Å²) >= 11 is 5.88. The number of rotatable bonds is 10. The Morgan fingerprint density at radius 2 is 1.79 bits per heavy atom. The second kappa shape index (κ2) is 11.2. The van der Waals surface area contributed by atoms with Crippen LogP contribution in [-0.4, -0.2) is 73.2 Å². The van der Waals surface area contributed by atoms with Gasteiger partial charge in [0.2, 0.25) is 16.0 Å². The number of hydrogen-bond acceptors (Lipinski definition) is 10. The molecule has 3 N–H and O–H groups in total. The number of halogens is 1. The summed E-state index contributed by atoms with van der Waals surface area (Å²) in [6.07, 6.45) is 3.79. The van der Waals surface area contributed by atoms with E-state index < -0.39 is 31.8 Å². The van der Waals surface area contributed by atoms with E-state index in [2.05, 4.69) is 24.9 Å². The Labute approximate surface area is 228 Å². The van der Waals surface area contributed by atoms with Gasteiger partial charge in [0.05, 0.1) is 24.5 Å². The number of aromatic nitrogens is 5. The second-order valence-corrected chi connectivity index (χ2v) is 14.0. The first-order valence-electron chi connectivity index (χ1n) is 11.8. The van der Waals surface area contributed by atoms with Crippen LogP contribution in [0.15, 0.2) is 30.6 Å². The quantitative estimate of drug-likeness (QED) is 0.317. The zero-order chi connectivity index (χ0) is 27.7. The molecule has 0 saturated carbocycles. The lowest BCUT2D eigenvalue weighted by atomic mass is 10.0. The number of methoxy groups -OCH3 is 2. The number of nitrogens with zero attached hydrogens (tertiary/aromatic N) is 5. The van der Waals surface area contributed by atoms with Crippen LogP contribution in [0.3, 0.4) is 0 Å². The van der Waals surface area contributed by atoms with Crippen molar-refractivity contribution in [2.24, 2.45) is 5.92 Å². The largest absolute Gasteiger partial charge is 0.494 e. The molecular weight excluding hydrogens is 556 g/mol. The summed E-state index contributed by atoms with van der Waals surface area (Å²) < 4.78 is 62.5. The number of sulfonamides is 1. The number of benzene rings is 1. The molecule has 0 aliphatic carbocycles. The molecule has 0 amide bonds. The summed E-state index contributed by atoms with van der Waals surface area (Å²) in [5.41, 5.74) is 0.418. The van der Waals surface area contributed by atoms with Crippen LogP contribution in [0.5, 0.6) is 11.5 Å². The van der Waals surface area contributed by atoms with Crippen LogP contribution < -0.4 is 14.2 Å². The predicted molar refractivity (Wildman–Crippen MR) is 146 cm³/mol. The normalized spacial score (nSPS) is 19.5. The van der Waals surface area contributed by atoms with E-state index in [-0.39, 0.29) is 17.6 Å². The third kappa shape index (κ3) is 5.99. The van der Waals surface area contributed by atoms with Crippen molar-refractivity contribution in [2.45, 2.75) is 37.9 Å². The Kier molecular flexibility index (Phi) is 8.37. The SMILES string of the molecule is COc1cccc(OC)c1-n1c(C[C@H]2CCS(O)(O)C2)nnc1NS(=O)(=O)[C@@H](C)[C@H](C)c1ncc(Cl)cn1. The Morgan fingerprint density at radius 1 is 1.16 bits per heavy atom. The fourth-order valence-electron chi connectivity index (χ4n) is 4.38. The molecule has 2 aromatic heterocycles. The highest BCUT2D eigenvalue weighted by molar-refractivity contribution is 8.24. The standard InChI is InChI=1S/C23H31ClN6O6S2/c1-14(22-25-11-17(24)12-26-22)15(2)38(33,34)29-23-28-27-20(10-16-8-9-37(31,32)13-16)30(23)21-18(35-3)6-5-7-19(21)36-4/h5-7,11-12,14-16,31-32H,8-10,13H2,1-4H3,(H,28,29)/t14-,15-,16+/m0/s1. The molecule has 3 aromatic rings. The van der Waals surface area contributed by atoms with Gasteiger partial charge in [-0.1, -0.05) is 24.6 Å². The lowest BCUT2D eigenvalue weighted by Crippen LogP contribution is -2.31. The van der Waals surface area contributed by atoms with Crippen LogP contribution in [0.25, 0.3) is 5.69 Å². The molecule has 1 saturated heterocycles. The Hall–Kier alpha value is -2.65. The van der Waals surface area contributed by atoms with Gasteiger partial charge in [0.25, 0.3) is 0 Å². The molecule has 0 unspecified atom stereocenters. The predicted octanol–water partition coefficient (Wildman–Crippen LogP) is 3.97. The molecule has 1 aliphatic heterocycles. The van der Waals surface area contributed by atoms with Crippen LogP contribution in [0.1, 0.15) is 37.8 Å². The average Bonchev–Trinajstić information content (AvgIpc) is 3.43. The summed E-state index contributed by atoms with van der Waals surface area (Å²) in [6, 6.07) is 5.18. The molecule has 12 nitrogen and oxygen atoms in total. The van der Waals surface area contributed by atoms with Crippen molar-refractivity contribution in [1.29, 1.82) is 0 Å². The molecule has 4 rings (SSSR count). The van der Waals surface area contributed by atoms with Crippen molar-refractivity contribution in [2.75, 3.05) is 30.4 Å². The van der Waals surface area contributed by atoms with Gasteiger partial charge in [-0.05, 0) is 31.4 Å². The minimum atomic E-state index is -4.02. The van der Waals surface area contributed by atoms with E-state index in [4.69, 9.17) is 21.1 Å². The lowest BCUT2D eigenvalue weighted by Gasteiger charge is -2.26. The molecule has 15 heteroatoms. The lowest BCUT2D eigenvalue weighted by molar-refractivity contribution is 0.390. The van der Waals surface area contributed by atoms with E-state index in [0.717, 1.165) is 0 Å². The van der Waals surface area contributed by atoms with Crippen molar-refractivity contribution in [3.63, 3.8) is 0 Å². The summed E-state index contributed by atoms with van der Waals surface area (Å²) in [6.45, 7) is 3.27. The molecule has 0 spiro atoms. The highest BCUT2D eigenvalue weighted by Crippen LogP contribution is 2.49. The molecule has 1 fully saturated rings. The number of para-hydroxylation sites is 1. The van der Waals surface area contributed by atoms with E-state index >= 15 is 0 Å². The molecule has 208 valence electrons. The minimum Gasteiger partial charge on any atom is -0.494 e. The molecule has 1 aliphatic rings. The molecule has 0 radical (unpaired) electrons. The van der Waals surface area contributed by atoms with E-state index in [9.17, 15) is 17.5 Å². The van der Waals surface area contributed by atoms with Gasteiger partial charge < -0.3 is 9.47 Å². The van der Waals surface area contributed by atoms with Gasteiger partial charge in [0.15, 0.2) is 0 Å². The van der Waals surface area contributed by atoms with Crippen molar-refractivity contribution in [3.8, 4) is 17.2 Å². The van der Waals surface area contributed by atoms with Gasteiger partial charge in [-0.2, -0.15) is 10.6 Å². The maximum Gasteiger partial charge on any atom is 0.243 e. The molecule has 38 heavy (non-hydrogen) atoms.